The van der Waals surface area contributed by atoms with Crippen LogP contribution in [0.3, 0.4) is 0 Å². The molecule has 25 heavy (non-hydrogen) atoms. The van der Waals surface area contributed by atoms with Crippen LogP contribution in [0.2, 0.25) is 0 Å². The van der Waals surface area contributed by atoms with E-state index in [1.807, 2.05) is 6.92 Å². The second-order valence-electron chi connectivity index (χ2n) is 5.30. The zero-order valence-corrected chi connectivity index (χ0v) is 14.2. The van der Waals surface area contributed by atoms with Gasteiger partial charge in [0.05, 0.1) is 13.7 Å². The lowest BCUT2D eigenvalue weighted by Gasteiger charge is -2.12. The van der Waals surface area contributed by atoms with Crippen LogP contribution >= 0.6 is 0 Å². The number of rotatable bonds is 7. The predicted octanol–water partition coefficient (Wildman–Crippen LogP) is 1.92. The quantitative estimate of drug-likeness (QED) is 0.713. The first-order valence-corrected chi connectivity index (χ1v) is 7.69. The minimum absolute atomic E-state index is 0.107. The summed E-state index contributed by atoms with van der Waals surface area (Å²) in [6.45, 7) is 1.60. The number of nitrogens with two attached hydrogens (primary N) is 1. The number of hydrogen-bond acceptors (Lipinski definition) is 5. The summed E-state index contributed by atoms with van der Waals surface area (Å²) in [5.74, 6) is 0.571. The summed E-state index contributed by atoms with van der Waals surface area (Å²) in [4.78, 5) is 23.5. The summed E-state index contributed by atoms with van der Waals surface area (Å²) in [7, 11) is 1.56. The number of carbonyl (C=O) groups is 2. The lowest BCUT2D eigenvalue weighted by molar-refractivity contribution is -0.118. The van der Waals surface area contributed by atoms with Gasteiger partial charge in [-0.2, -0.15) is 0 Å². The Morgan fingerprint density at radius 3 is 2.52 bits per heavy atom. The van der Waals surface area contributed by atoms with Crippen LogP contribution in [0, 0.1) is 6.92 Å². The van der Waals surface area contributed by atoms with Gasteiger partial charge in [-0.1, -0.05) is 12.1 Å². The average Bonchev–Trinajstić information content (AvgIpc) is 2.62. The van der Waals surface area contributed by atoms with Crippen LogP contribution in [-0.2, 0) is 9.59 Å². The summed E-state index contributed by atoms with van der Waals surface area (Å²) in [6.07, 6.45) is 0. The van der Waals surface area contributed by atoms with Gasteiger partial charge in [0.1, 0.15) is 11.5 Å². The number of ether oxygens (including phenoxy) is 2. The molecule has 0 bridgehead atoms. The van der Waals surface area contributed by atoms with Crippen molar-refractivity contribution in [1.29, 1.82) is 0 Å². The molecule has 0 saturated carbocycles. The fraction of sp³-hybridized carbons (Fsp3) is 0.222. The first kappa shape index (κ1) is 18.3. The van der Waals surface area contributed by atoms with E-state index in [4.69, 9.17) is 15.2 Å². The van der Waals surface area contributed by atoms with Crippen molar-refractivity contribution in [3.63, 3.8) is 0 Å². The maximum atomic E-state index is 12.0. The third-order valence-electron chi connectivity index (χ3n) is 3.39. The number of benzene rings is 2. The van der Waals surface area contributed by atoms with Gasteiger partial charge in [0.15, 0.2) is 6.61 Å². The molecule has 0 radical (unpaired) electrons. The molecule has 132 valence electrons. The molecule has 0 fully saturated rings. The highest BCUT2D eigenvalue weighted by atomic mass is 16.5. The molecule has 0 saturated heterocycles. The Labute approximate surface area is 146 Å². The van der Waals surface area contributed by atoms with Crippen molar-refractivity contribution in [2.45, 2.75) is 6.92 Å². The molecule has 0 aliphatic rings. The number of hydrogen-bond donors (Lipinski definition) is 3. The maximum absolute atomic E-state index is 12.0. The Morgan fingerprint density at radius 2 is 1.80 bits per heavy atom. The van der Waals surface area contributed by atoms with Crippen LogP contribution in [0.5, 0.6) is 11.5 Å². The summed E-state index contributed by atoms with van der Waals surface area (Å²) >= 11 is 0. The second-order valence-corrected chi connectivity index (χ2v) is 5.30. The normalized spacial score (nSPS) is 10.0. The zero-order chi connectivity index (χ0) is 18.2. The molecule has 0 aromatic heterocycles. The largest absolute Gasteiger partial charge is 0.497 e. The Hall–Kier alpha value is -3.06. The molecular weight excluding hydrogens is 322 g/mol. The van der Waals surface area contributed by atoms with Crippen molar-refractivity contribution in [3.05, 3.63) is 48.0 Å². The Balaban J connectivity index is 1.95. The average molecular weight is 343 g/mol. The number of methoxy groups -OCH3 is 1. The zero-order valence-electron chi connectivity index (χ0n) is 14.2. The molecule has 2 amide bonds. The molecule has 4 N–H and O–H groups in total. The molecule has 0 aliphatic heterocycles. The van der Waals surface area contributed by atoms with Gasteiger partial charge in [0.2, 0.25) is 5.91 Å². The SMILES string of the molecule is COc1cccc(OCC(=O)Nc2ccc(C)c(NC(=O)CN)c2)c1. The molecule has 0 spiro atoms. The molecule has 7 heteroatoms. The Bertz CT molecular complexity index is 762. The number of amides is 2. The van der Waals surface area contributed by atoms with Gasteiger partial charge in [-0.15, -0.1) is 0 Å². The smallest absolute Gasteiger partial charge is 0.262 e. The number of aryl methyl sites for hydroxylation is 1. The monoisotopic (exact) mass is 343 g/mol. The van der Waals surface area contributed by atoms with Gasteiger partial charge < -0.3 is 25.8 Å². The van der Waals surface area contributed by atoms with E-state index in [9.17, 15) is 9.59 Å². The van der Waals surface area contributed by atoms with Crippen molar-refractivity contribution in [3.8, 4) is 11.5 Å². The van der Waals surface area contributed by atoms with Crippen molar-refractivity contribution in [1.82, 2.24) is 0 Å². The lowest BCUT2D eigenvalue weighted by Crippen LogP contribution is -2.23. The van der Waals surface area contributed by atoms with E-state index >= 15 is 0 Å². The fourth-order valence-corrected chi connectivity index (χ4v) is 2.07. The van der Waals surface area contributed by atoms with Gasteiger partial charge in [-0.25, -0.2) is 0 Å². The Morgan fingerprint density at radius 1 is 1.04 bits per heavy atom. The summed E-state index contributed by atoms with van der Waals surface area (Å²) < 4.78 is 10.5. The lowest BCUT2D eigenvalue weighted by atomic mass is 10.1. The van der Waals surface area contributed by atoms with Gasteiger partial charge in [0, 0.05) is 17.4 Å². The molecule has 0 unspecified atom stereocenters. The number of anilines is 2. The van der Waals surface area contributed by atoms with Crippen LogP contribution in [0.4, 0.5) is 11.4 Å². The van der Waals surface area contributed by atoms with Crippen molar-refractivity contribution in [2.24, 2.45) is 5.73 Å². The topological polar surface area (TPSA) is 103 Å². The van der Waals surface area contributed by atoms with Gasteiger partial charge >= 0.3 is 0 Å². The Kier molecular flexibility index (Phi) is 6.36. The van der Waals surface area contributed by atoms with Crippen molar-refractivity contribution < 1.29 is 19.1 Å². The number of nitrogens with one attached hydrogen (secondary N) is 2. The summed E-state index contributed by atoms with van der Waals surface area (Å²) in [5, 5.41) is 5.41. The van der Waals surface area contributed by atoms with Crippen molar-refractivity contribution in [2.75, 3.05) is 30.9 Å². The van der Waals surface area contributed by atoms with E-state index in [0.29, 0.717) is 22.9 Å². The van der Waals surface area contributed by atoms with E-state index < -0.39 is 0 Å². The van der Waals surface area contributed by atoms with Gasteiger partial charge in [-0.3, -0.25) is 9.59 Å². The molecule has 2 aromatic carbocycles. The molecule has 0 heterocycles. The van der Waals surface area contributed by atoms with Crippen LogP contribution in [0.1, 0.15) is 5.56 Å². The van der Waals surface area contributed by atoms with Crippen LogP contribution < -0.4 is 25.8 Å². The van der Waals surface area contributed by atoms with Crippen molar-refractivity contribution >= 4 is 23.2 Å². The minimum atomic E-state index is -0.317. The van der Waals surface area contributed by atoms with Gasteiger partial charge in [-0.05, 0) is 36.8 Å². The van der Waals surface area contributed by atoms with E-state index in [-0.39, 0.29) is 25.0 Å². The minimum Gasteiger partial charge on any atom is -0.497 e. The first-order chi connectivity index (χ1) is 12.0. The summed E-state index contributed by atoms with van der Waals surface area (Å²) in [5.41, 5.74) is 7.32. The molecule has 2 aromatic rings. The van der Waals surface area contributed by atoms with E-state index in [0.717, 1.165) is 5.56 Å². The highest BCUT2D eigenvalue weighted by Crippen LogP contribution is 2.21. The third-order valence-corrected chi connectivity index (χ3v) is 3.39. The first-order valence-electron chi connectivity index (χ1n) is 7.69. The highest BCUT2D eigenvalue weighted by molar-refractivity contribution is 5.95. The van der Waals surface area contributed by atoms with E-state index in [1.165, 1.54) is 0 Å². The van der Waals surface area contributed by atoms with Crippen LogP contribution in [-0.4, -0.2) is 32.1 Å². The molecule has 0 aliphatic carbocycles. The molecule has 0 atom stereocenters. The molecular formula is C18H21N3O4. The maximum Gasteiger partial charge on any atom is 0.262 e. The molecule has 7 nitrogen and oxygen atoms in total. The molecule has 2 rings (SSSR count). The van der Waals surface area contributed by atoms with E-state index in [2.05, 4.69) is 10.6 Å². The standard InChI is InChI=1S/C18H21N3O4/c1-12-6-7-13(8-16(12)21-17(22)10-19)20-18(23)11-25-15-5-3-4-14(9-15)24-2/h3-9H,10-11,19H2,1-2H3,(H,20,23)(H,21,22). The summed E-state index contributed by atoms with van der Waals surface area (Å²) in [6, 6.07) is 12.2. The second kappa shape index (κ2) is 8.70. The van der Waals surface area contributed by atoms with Crippen LogP contribution in [0.15, 0.2) is 42.5 Å². The number of carbonyl (C=O) groups excluding carboxylic acids is 2. The van der Waals surface area contributed by atoms with Gasteiger partial charge in [0.25, 0.3) is 5.91 Å². The fourth-order valence-electron chi connectivity index (χ4n) is 2.07. The third kappa shape index (κ3) is 5.50. The van der Waals surface area contributed by atoms with Crippen LogP contribution in [0.25, 0.3) is 0 Å². The predicted molar refractivity (Wildman–Crippen MR) is 96.0 cm³/mol. The highest BCUT2D eigenvalue weighted by Gasteiger charge is 2.08. The van der Waals surface area contributed by atoms with E-state index in [1.54, 1.807) is 49.6 Å².